The molecular formula is C14H10IN3O. The van der Waals surface area contributed by atoms with Crippen molar-refractivity contribution in [2.75, 3.05) is 5.73 Å². The van der Waals surface area contributed by atoms with E-state index in [0.717, 1.165) is 14.7 Å². The van der Waals surface area contributed by atoms with E-state index in [4.69, 9.17) is 10.3 Å². The van der Waals surface area contributed by atoms with Crippen molar-refractivity contribution in [3.8, 4) is 22.8 Å². The number of hydrogen-bond acceptors (Lipinski definition) is 4. The average Bonchev–Trinajstić information content (AvgIpc) is 2.89. The zero-order valence-electron chi connectivity index (χ0n) is 9.88. The molecule has 0 saturated heterocycles. The Morgan fingerprint density at radius 1 is 1.00 bits per heavy atom. The topological polar surface area (TPSA) is 64.9 Å². The number of benzene rings is 2. The minimum absolute atomic E-state index is 0.525. The van der Waals surface area contributed by atoms with Crippen molar-refractivity contribution in [1.29, 1.82) is 0 Å². The fraction of sp³-hybridized carbons (Fsp3) is 0. The highest BCUT2D eigenvalue weighted by Gasteiger charge is 2.12. The van der Waals surface area contributed by atoms with Gasteiger partial charge in [0.1, 0.15) is 0 Å². The third kappa shape index (κ3) is 2.46. The molecule has 4 nitrogen and oxygen atoms in total. The van der Waals surface area contributed by atoms with Gasteiger partial charge in [-0.1, -0.05) is 17.3 Å². The lowest BCUT2D eigenvalue weighted by Gasteiger charge is -1.96. The van der Waals surface area contributed by atoms with Gasteiger partial charge in [-0.25, -0.2) is 0 Å². The maximum absolute atomic E-state index is 5.66. The third-order valence-electron chi connectivity index (χ3n) is 2.70. The summed E-state index contributed by atoms with van der Waals surface area (Å²) in [5.74, 6) is 1.09. The van der Waals surface area contributed by atoms with Gasteiger partial charge in [0.2, 0.25) is 5.82 Å². The van der Waals surface area contributed by atoms with Crippen LogP contribution in [0, 0.1) is 3.57 Å². The van der Waals surface area contributed by atoms with Crippen LogP contribution in [0.4, 0.5) is 5.69 Å². The second kappa shape index (κ2) is 5.00. The van der Waals surface area contributed by atoms with E-state index in [9.17, 15) is 0 Å². The van der Waals surface area contributed by atoms with Crippen molar-refractivity contribution in [3.63, 3.8) is 0 Å². The van der Waals surface area contributed by atoms with E-state index in [2.05, 4.69) is 32.7 Å². The van der Waals surface area contributed by atoms with Gasteiger partial charge >= 0.3 is 0 Å². The van der Waals surface area contributed by atoms with Crippen LogP contribution in [-0.4, -0.2) is 10.1 Å². The van der Waals surface area contributed by atoms with Crippen LogP contribution >= 0.6 is 22.6 Å². The molecule has 1 heterocycles. The molecule has 3 aromatic rings. The molecule has 2 N–H and O–H groups in total. The second-order valence-electron chi connectivity index (χ2n) is 4.02. The largest absolute Gasteiger partial charge is 0.399 e. The van der Waals surface area contributed by atoms with E-state index in [1.807, 2.05) is 48.5 Å². The zero-order chi connectivity index (χ0) is 13.2. The quantitative estimate of drug-likeness (QED) is 0.558. The SMILES string of the molecule is Nc1ccc(-c2noc(-c3ccccc3I)n2)cc1. The van der Waals surface area contributed by atoms with E-state index in [-0.39, 0.29) is 0 Å². The molecule has 1 aromatic heterocycles. The van der Waals surface area contributed by atoms with Crippen molar-refractivity contribution in [2.45, 2.75) is 0 Å². The standard InChI is InChI=1S/C14H10IN3O/c15-12-4-2-1-3-11(12)14-17-13(18-19-14)9-5-7-10(16)8-6-9/h1-8H,16H2. The van der Waals surface area contributed by atoms with Crippen LogP contribution in [0.15, 0.2) is 53.1 Å². The third-order valence-corrected chi connectivity index (χ3v) is 3.64. The van der Waals surface area contributed by atoms with Crippen LogP contribution < -0.4 is 5.73 Å². The molecule has 0 spiro atoms. The summed E-state index contributed by atoms with van der Waals surface area (Å²) in [6.45, 7) is 0. The molecule has 0 aliphatic carbocycles. The summed E-state index contributed by atoms with van der Waals surface area (Å²) in [7, 11) is 0. The van der Waals surface area contributed by atoms with Crippen molar-refractivity contribution in [1.82, 2.24) is 10.1 Å². The van der Waals surface area contributed by atoms with Crippen LogP contribution in [-0.2, 0) is 0 Å². The number of halogens is 1. The number of aromatic nitrogens is 2. The Hall–Kier alpha value is -1.89. The summed E-state index contributed by atoms with van der Waals surface area (Å²) in [5, 5.41) is 4.00. The Morgan fingerprint density at radius 2 is 1.74 bits per heavy atom. The number of hydrogen-bond donors (Lipinski definition) is 1. The van der Waals surface area contributed by atoms with Crippen molar-refractivity contribution < 1.29 is 4.52 Å². The van der Waals surface area contributed by atoms with Gasteiger partial charge in [0.15, 0.2) is 0 Å². The van der Waals surface area contributed by atoms with Crippen LogP contribution in [0.3, 0.4) is 0 Å². The highest BCUT2D eigenvalue weighted by molar-refractivity contribution is 14.1. The maximum Gasteiger partial charge on any atom is 0.259 e. The lowest BCUT2D eigenvalue weighted by atomic mass is 10.2. The summed E-state index contributed by atoms with van der Waals surface area (Å²) in [5.41, 5.74) is 8.19. The molecule has 0 radical (unpaired) electrons. The summed E-state index contributed by atoms with van der Waals surface area (Å²) in [6.07, 6.45) is 0. The first kappa shape index (κ1) is 12.2. The van der Waals surface area contributed by atoms with Gasteiger partial charge in [-0.05, 0) is 59.0 Å². The summed E-state index contributed by atoms with van der Waals surface area (Å²) in [4.78, 5) is 4.42. The molecule has 5 heteroatoms. The highest BCUT2D eigenvalue weighted by atomic mass is 127. The lowest BCUT2D eigenvalue weighted by Crippen LogP contribution is -1.85. The fourth-order valence-corrected chi connectivity index (χ4v) is 2.34. The Kier molecular flexibility index (Phi) is 3.20. The molecule has 0 bridgehead atoms. The molecule has 2 aromatic carbocycles. The number of rotatable bonds is 2. The number of nitrogens with zero attached hydrogens (tertiary/aromatic N) is 2. The molecule has 0 fully saturated rings. The van der Waals surface area contributed by atoms with Gasteiger partial charge in [-0.2, -0.15) is 4.98 Å². The fourth-order valence-electron chi connectivity index (χ4n) is 1.72. The van der Waals surface area contributed by atoms with Gasteiger partial charge in [-0.15, -0.1) is 0 Å². The monoisotopic (exact) mass is 363 g/mol. The molecule has 0 amide bonds. The van der Waals surface area contributed by atoms with E-state index in [1.54, 1.807) is 0 Å². The van der Waals surface area contributed by atoms with Gasteiger partial charge in [0.25, 0.3) is 5.89 Å². The van der Waals surface area contributed by atoms with Gasteiger partial charge in [0.05, 0.1) is 5.56 Å². The average molecular weight is 363 g/mol. The first-order chi connectivity index (χ1) is 9.24. The smallest absolute Gasteiger partial charge is 0.259 e. The summed E-state index contributed by atoms with van der Waals surface area (Å²) in [6, 6.07) is 15.3. The van der Waals surface area contributed by atoms with Crippen LogP contribution in [0.5, 0.6) is 0 Å². The molecule has 0 saturated carbocycles. The summed E-state index contributed by atoms with van der Waals surface area (Å²) < 4.78 is 6.40. The Balaban J connectivity index is 2.00. The van der Waals surface area contributed by atoms with E-state index < -0.39 is 0 Å². The van der Waals surface area contributed by atoms with Gasteiger partial charge in [-0.3, -0.25) is 0 Å². The van der Waals surface area contributed by atoms with Crippen LogP contribution in [0.1, 0.15) is 0 Å². The van der Waals surface area contributed by atoms with Gasteiger partial charge in [0, 0.05) is 14.8 Å². The number of nitrogen functional groups attached to an aromatic ring is 1. The van der Waals surface area contributed by atoms with Gasteiger partial charge < -0.3 is 10.3 Å². The highest BCUT2D eigenvalue weighted by Crippen LogP contribution is 2.26. The first-order valence-electron chi connectivity index (χ1n) is 5.68. The molecule has 94 valence electrons. The molecule has 0 aliphatic rings. The minimum atomic E-state index is 0.525. The summed E-state index contributed by atoms with van der Waals surface area (Å²) >= 11 is 2.25. The zero-order valence-corrected chi connectivity index (χ0v) is 12.0. The maximum atomic E-state index is 5.66. The Morgan fingerprint density at radius 3 is 2.47 bits per heavy atom. The molecule has 0 unspecified atom stereocenters. The molecular weight excluding hydrogens is 353 g/mol. The lowest BCUT2D eigenvalue weighted by molar-refractivity contribution is 0.432. The predicted molar refractivity (Wildman–Crippen MR) is 82.3 cm³/mol. The molecule has 0 atom stereocenters. The van der Waals surface area contributed by atoms with E-state index in [0.29, 0.717) is 17.4 Å². The molecule has 3 rings (SSSR count). The number of anilines is 1. The second-order valence-corrected chi connectivity index (χ2v) is 5.19. The minimum Gasteiger partial charge on any atom is -0.399 e. The number of nitrogens with two attached hydrogens (primary N) is 1. The normalized spacial score (nSPS) is 10.6. The molecule has 19 heavy (non-hydrogen) atoms. The van der Waals surface area contributed by atoms with E-state index >= 15 is 0 Å². The predicted octanol–water partition coefficient (Wildman–Crippen LogP) is 3.59. The van der Waals surface area contributed by atoms with Crippen molar-refractivity contribution >= 4 is 28.3 Å². The Bertz CT molecular complexity index is 707. The molecule has 0 aliphatic heterocycles. The van der Waals surface area contributed by atoms with Crippen molar-refractivity contribution in [2.24, 2.45) is 0 Å². The van der Waals surface area contributed by atoms with Crippen molar-refractivity contribution in [3.05, 3.63) is 52.1 Å². The first-order valence-corrected chi connectivity index (χ1v) is 6.76. The van der Waals surface area contributed by atoms with Crippen LogP contribution in [0.2, 0.25) is 0 Å². The Labute approximate surface area is 123 Å². The van der Waals surface area contributed by atoms with E-state index in [1.165, 1.54) is 0 Å². The van der Waals surface area contributed by atoms with Crippen LogP contribution in [0.25, 0.3) is 22.8 Å².